The van der Waals surface area contributed by atoms with Crippen molar-refractivity contribution in [3.05, 3.63) is 23.8 Å². The fourth-order valence-corrected chi connectivity index (χ4v) is 8.61. The Morgan fingerprint density at radius 1 is 0.956 bits per heavy atom. The molecule has 3 atom stereocenters. The van der Waals surface area contributed by atoms with Gasteiger partial charge in [-0.2, -0.15) is 5.48 Å². The molecule has 3 aliphatic carbocycles. The highest BCUT2D eigenvalue weighted by Crippen LogP contribution is 2.59. The molecule has 2 fully saturated rings. The lowest BCUT2D eigenvalue weighted by atomic mass is 9.68. The molecule has 3 aliphatic rings. The van der Waals surface area contributed by atoms with Gasteiger partial charge in [0.2, 0.25) is 0 Å². The van der Waals surface area contributed by atoms with Crippen LogP contribution in [0.1, 0.15) is 156 Å². The molecule has 0 saturated heterocycles. The molecule has 0 aliphatic heterocycles. The third-order valence-corrected chi connectivity index (χ3v) is 11.1. The van der Waals surface area contributed by atoms with Crippen LogP contribution in [-0.4, -0.2) is 37.4 Å². The fourth-order valence-electron chi connectivity index (χ4n) is 7.83. The van der Waals surface area contributed by atoms with Gasteiger partial charge >= 0.3 is 13.8 Å². The van der Waals surface area contributed by atoms with Crippen molar-refractivity contribution in [3.8, 4) is 0 Å². The summed E-state index contributed by atoms with van der Waals surface area (Å²) in [6.07, 6.45) is 31.9. The number of esters is 1. The van der Waals surface area contributed by atoms with E-state index < -0.39 is 25.4 Å². The Morgan fingerprint density at radius 2 is 1.53 bits per heavy atom. The summed E-state index contributed by atoms with van der Waals surface area (Å²) < 4.78 is 34.1. The number of allylic oxidation sites excluding steroid dienone is 2. The predicted octanol–water partition coefficient (Wildman–Crippen LogP) is 8.01. The zero-order chi connectivity index (χ0) is 32.4. The molecule has 3 unspecified atom stereocenters. The van der Waals surface area contributed by atoms with Gasteiger partial charge in [-0.25, -0.2) is 0 Å². The average molecular weight is 654 g/mol. The van der Waals surface area contributed by atoms with Gasteiger partial charge in [0, 0.05) is 20.0 Å². The number of hydrogen-bond acceptors (Lipinski definition) is 7. The number of phosphoric ester groups is 1. The fraction of sp³-hybridized carbons (Fsp3) is 0.861. The van der Waals surface area contributed by atoms with Crippen molar-refractivity contribution in [2.45, 2.75) is 167 Å². The molecule has 0 aromatic rings. The first-order valence-electron chi connectivity index (χ1n) is 18.3. The van der Waals surface area contributed by atoms with E-state index in [-0.39, 0.29) is 18.6 Å². The number of phosphoric acid groups is 1. The Morgan fingerprint density at radius 3 is 2.11 bits per heavy atom. The summed E-state index contributed by atoms with van der Waals surface area (Å²) in [4.78, 5) is 24.3. The Hall–Kier alpha value is -1.02. The number of quaternary nitrogens is 1. The monoisotopic (exact) mass is 653 g/mol. The van der Waals surface area contributed by atoms with Crippen molar-refractivity contribution < 1.29 is 38.4 Å². The minimum absolute atomic E-state index is 0.0829. The highest BCUT2D eigenvalue weighted by Gasteiger charge is 2.50. The molecule has 8 nitrogen and oxygen atoms in total. The van der Waals surface area contributed by atoms with Crippen molar-refractivity contribution in [3.63, 3.8) is 0 Å². The van der Waals surface area contributed by atoms with E-state index in [1.807, 2.05) is 19.1 Å². The number of nitrogens with two attached hydrogens (primary N) is 1. The first-order valence-corrected chi connectivity index (χ1v) is 19.8. The number of ether oxygens (including phenoxy) is 2. The lowest BCUT2D eigenvalue weighted by Gasteiger charge is -2.38. The molecule has 0 heterocycles. The molecular formula is C36H64NO7P. The van der Waals surface area contributed by atoms with Crippen LogP contribution < -0.4 is 10.4 Å². The minimum atomic E-state index is -4.65. The molecule has 9 heteroatoms. The van der Waals surface area contributed by atoms with Gasteiger partial charge in [0.05, 0.1) is 13.2 Å². The van der Waals surface area contributed by atoms with Crippen molar-refractivity contribution in [1.82, 2.24) is 0 Å². The molecule has 0 aromatic heterocycles. The van der Waals surface area contributed by atoms with Crippen LogP contribution in [0.3, 0.4) is 0 Å². The van der Waals surface area contributed by atoms with Gasteiger partial charge in [-0.3, -0.25) is 9.36 Å². The predicted molar refractivity (Wildman–Crippen MR) is 177 cm³/mol. The smallest absolute Gasteiger partial charge is 0.324 e. The average Bonchev–Trinajstić information content (AvgIpc) is 3.61. The maximum Gasteiger partial charge on any atom is 0.324 e. The zero-order valence-electron chi connectivity index (χ0n) is 28.7. The van der Waals surface area contributed by atoms with E-state index in [1.54, 1.807) is 0 Å². The lowest BCUT2D eigenvalue weighted by Crippen LogP contribution is -2.94. The normalized spacial score (nSPS) is 26.4. The maximum absolute atomic E-state index is 12.7. The van der Waals surface area contributed by atoms with Crippen LogP contribution in [0.15, 0.2) is 23.8 Å². The van der Waals surface area contributed by atoms with Gasteiger partial charge in [0.25, 0.3) is 0 Å². The Kier molecular flexibility index (Phi) is 17.4. The van der Waals surface area contributed by atoms with Crippen LogP contribution in [0.25, 0.3) is 0 Å². The zero-order valence-corrected chi connectivity index (χ0v) is 29.6. The molecule has 2 N–H and O–H groups in total. The number of hydrogen-bond donors (Lipinski definition) is 1. The molecule has 0 radical (unpaired) electrons. The van der Waals surface area contributed by atoms with Crippen LogP contribution in [0.4, 0.5) is 0 Å². The van der Waals surface area contributed by atoms with Crippen LogP contribution in [-0.2, 0) is 28.0 Å². The number of unbranched alkanes of at least 4 members (excludes halogenated alkanes) is 13. The maximum atomic E-state index is 12.7. The number of hydroxylamine groups is 1. The summed E-state index contributed by atoms with van der Waals surface area (Å²) in [6.45, 7) is 5.84. The second kappa shape index (κ2) is 20.4. The highest BCUT2D eigenvalue weighted by molar-refractivity contribution is 7.45. The van der Waals surface area contributed by atoms with E-state index >= 15 is 0 Å². The van der Waals surface area contributed by atoms with E-state index in [4.69, 9.17) is 18.6 Å². The van der Waals surface area contributed by atoms with Crippen LogP contribution in [0.2, 0.25) is 0 Å². The molecule has 260 valence electrons. The van der Waals surface area contributed by atoms with E-state index in [1.165, 1.54) is 134 Å². The molecule has 0 amide bonds. The molecule has 45 heavy (non-hydrogen) atoms. The van der Waals surface area contributed by atoms with Crippen LogP contribution >= 0.6 is 7.82 Å². The first-order chi connectivity index (χ1) is 21.7. The summed E-state index contributed by atoms with van der Waals surface area (Å²) in [5, 5.41) is 0. The number of carbonyl (C=O) groups excluding carboxylic acids is 1. The molecular weight excluding hydrogens is 589 g/mol. The summed E-state index contributed by atoms with van der Waals surface area (Å²) in [5.41, 5.74) is 2.57. The molecule has 2 saturated carbocycles. The number of carbonyl (C=O) groups is 1. The Balaban J connectivity index is 1.26. The second-order valence-electron chi connectivity index (χ2n) is 14.2. The van der Waals surface area contributed by atoms with Crippen LogP contribution in [0.5, 0.6) is 0 Å². The van der Waals surface area contributed by atoms with Crippen molar-refractivity contribution >= 4 is 13.8 Å². The summed E-state index contributed by atoms with van der Waals surface area (Å²) >= 11 is 0. The Bertz CT molecular complexity index is 959. The lowest BCUT2D eigenvalue weighted by molar-refractivity contribution is -0.907. The first kappa shape index (κ1) is 38.4. The molecule has 0 aromatic carbocycles. The summed E-state index contributed by atoms with van der Waals surface area (Å²) in [5.74, 6) is 0.247. The third kappa shape index (κ3) is 13.9. The van der Waals surface area contributed by atoms with Crippen LogP contribution in [0, 0.1) is 11.3 Å². The van der Waals surface area contributed by atoms with Gasteiger partial charge in [-0.05, 0) is 56.4 Å². The number of fused-ring (bicyclic) bond motifs is 1. The van der Waals surface area contributed by atoms with E-state index in [0.717, 1.165) is 25.2 Å². The minimum Gasteiger partial charge on any atom is -0.752 e. The van der Waals surface area contributed by atoms with E-state index in [9.17, 15) is 14.3 Å². The standard InChI is InChI=1S/C36H64NO7P/c1-4-5-6-7-8-9-10-11-12-13-14-15-16-17-27-41-29-34(43-31(2)38)30-42-45(39,40)44-37-35(3)24-18-23-33(28-35)36-25-19-21-32(36)22-20-26-36/h18,23-24,32,34,37H,4-17,19-22,25-30H2,1-3H3,(H,39,40). The van der Waals surface area contributed by atoms with E-state index in [2.05, 4.69) is 13.0 Å². The SMILES string of the molecule is CCCCCCCCCCCCCCCCOCC(COP(=O)([O-])O[NH2+]C1(C)C=CC=C(C23CCCC2CCC3)C1)OC(C)=O. The van der Waals surface area contributed by atoms with Gasteiger partial charge < -0.3 is 18.9 Å². The summed E-state index contributed by atoms with van der Waals surface area (Å²) in [7, 11) is -4.65. The van der Waals surface area contributed by atoms with Gasteiger partial charge in [-0.1, -0.05) is 121 Å². The van der Waals surface area contributed by atoms with Gasteiger partial charge in [0.15, 0.2) is 0 Å². The van der Waals surface area contributed by atoms with E-state index in [0.29, 0.717) is 6.61 Å². The van der Waals surface area contributed by atoms with Crippen molar-refractivity contribution in [1.29, 1.82) is 0 Å². The van der Waals surface area contributed by atoms with Crippen molar-refractivity contribution in [2.24, 2.45) is 11.3 Å². The molecule has 0 spiro atoms. The quantitative estimate of drug-likeness (QED) is 0.0460. The Labute approximate surface area is 274 Å². The van der Waals surface area contributed by atoms with Gasteiger partial charge in [-0.15, -0.1) is 4.62 Å². The highest BCUT2D eigenvalue weighted by atomic mass is 31.2. The summed E-state index contributed by atoms with van der Waals surface area (Å²) in [6, 6.07) is 0. The van der Waals surface area contributed by atoms with Crippen molar-refractivity contribution in [2.75, 3.05) is 19.8 Å². The number of rotatable bonds is 25. The van der Waals surface area contributed by atoms with Gasteiger partial charge in [0.1, 0.15) is 11.6 Å². The third-order valence-electron chi connectivity index (χ3n) is 10.3. The molecule has 0 bridgehead atoms. The largest absolute Gasteiger partial charge is 0.752 e. The molecule has 3 rings (SSSR count). The topological polar surface area (TPSA) is 111 Å². The second-order valence-corrected chi connectivity index (χ2v) is 15.6.